The van der Waals surface area contributed by atoms with E-state index in [9.17, 15) is 0 Å². The SMILES string of the molecule is Cc1n[nH]cc1-c1cc(C#N)cc(C=NO)c1. The summed E-state index contributed by atoms with van der Waals surface area (Å²) in [4.78, 5) is 0. The average Bonchev–Trinajstić information content (AvgIpc) is 2.75. The molecule has 17 heavy (non-hydrogen) atoms. The molecule has 0 aliphatic carbocycles. The van der Waals surface area contributed by atoms with Crippen molar-refractivity contribution in [1.82, 2.24) is 10.2 Å². The lowest BCUT2D eigenvalue weighted by Gasteiger charge is -2.02. The van der Waals surface area contributed by atoms with E-state index in [2.05, 4.69) is 21.4 Å². The van der Waals surface area contributed by atoms with Crippen molar-refractivity contribution in [3.8, 4) is 17.2 Å². The molecule has 0 aliphatic heterocycles. The highest BCUT2D eigenvalue weighted by atomic mass is 16.4. The number of aromatic nitrogens is 2. The van der Waals surface area contributed by atoms with Crippen LogP contribution in [0.1, 0.15) is 16.8 Å². The van der Waals surface area contributed by atoms with E-state index in [1.807, 2.05) is 13.0 Å². The van der Waals surface area contributed by atoms with Gasteiger partial charge >= 0.3 is 0 Å². The van der Waals surface area contributed by atoms with Gasteiger partial charge in [0.25, 0.3) is 0 Å². The molecule has 2 N–H and O–H groups in total. The summed E-state index contributed by atoms with van der Waals surface area (Å²) in [6.45, 7) is 1.88. The molecule has 1 aromatic heterocycles. The molecule has 0 unspecified atom stereocenters. The first-order valence-corrected chi connectivity index (χ1v) is 4.98. The van der Waals surface area contributed by atoms with Crippen molar-refractivity contribution >= 4 is 6.21 Å². The molecule has 0 saturated carbocycles. The van der Waals surface area contributed by atoms with Crippen molar-refractivity contribution in [2.45, 2.75) is 6.92 Å². The molecule has 0 saturated heterocycles. The number of nitrogens with one attached hydrogen (secondary N) is 1. The molecule has 0 amide bonds. The summed E-state index contributed by atoms with van der Waals surface area (Å²) in [5.74, 6) is 0. The Balaban J connectivity index is 2.59. The van der Waals surface area contributed by atoms with Gasteiger partial charge in [-0.2, -0.15) is 10.4 Å². The largest absolute Gasteiger partial charge is 0.411 e. The summed E-state index contributed by atoms with van der Waals surface area (Å²) < 4.78 is 0. The van der Waals surface area contributed by atoms with E-state index in [-0.39, 0.29) is 0 Å². The summed E-state index contributed by atoms with van der Waals surface area (Å²) in [6, 6.07) is 7.33. The van der Waals surface area contributed by atoms with Gasteiger partial charge in [0.15, 0.2) is 0 Å². The van der Waals surface area contributed by atoms with Gasteiger partial charge < -0.3 is 5.21 Å². The van der Waals surface area contributed by atoms with Gasteiger partial charge in [0.05, 0.1) is 23.5 Å². The van der Waals surface area contributed by atoms with Crippen LogP contribution in [0.5, 0.6) is 0 Å². The van der Waals surface area contributed by atoms with Crippen molar-refractivity contribution in [1.29, 1.82) is 5.26 Å². The van der Waals surface area contributed by atoms with E-state index >= 15 is 0 Å². The Labute approximate surface area is 98.0 Å². The monoisotopic (exact) mass is 226 g/mol. The third-order valence-corrected chi connectivity index (χ3v) is 2.43. The normalized spacial score (nSPS) is 10.6. The van der Waals surface area contributed by atoms with E-state index in [0.717, 1.165) is 16.8 Å². The van der Waals surface area contributed by atoms with Crippen molar-refractivity contribution in [2.75, 3.05) is 0 Å². The molecule has 0 radical (unpaired) electrons. The summed E-state index contributed by atoms with van der Waals surface area (Å²) in [5.41, 5.74) is 3.83. The van der Waals surface area contributed by atoms with E-state index in [0.29, 0.717) is 11.1 Å². The van der Waals surface area contributed by atoms with Crippen LogP contribution < -0.4 is 0 Å². The number of hydrogen-bond donors (Lipinski definition) is 2. The fraction of sp³-hybridized carbons (Fsp3) is 0.0833. The van der Waals surface area contributed by atoms with Crippen LogP contribution in [0.15, 0.2) is 29.6 Å². The highest BCUT2D eigenvalue weighted by Gasteiger charge is 2.06. The van der Waals surface area contributed by atoms with Gasteiger partial charge in [-0.15, -0.1) is 0 Å². The maximum atomic E-state index is 8.94. The summed E-state index contributed by atoms with van der Waals surface area (Å²) in [6.07, 6.45) is 3.06. The number of rotatable bonds is 2. The topological polar surface area (TPSA) is 85.1 Å². The Morgan fingerprint density at radius 2 is 2.29 bits per heavy atom. The quantitative estimate of drug-likeness (QED) is 0.467. The lowest BCUT2D eigenvalue weighted by molar-refractivity contribution is 0.322. The zero-order valence-corrected chi connectivity index (χ0v) is 9.18. The second-order valence-corrected chi connectivity index (χ2v) is 3.58. The number of aromatic amines is 1. The molecule has 2 rings (SSSR count). The van der Waals surface area contributed by atoms with Crippen molar-refractivity contribution in [2.24, 2.45) is 5.16 Å². The molecule has 1 heterocycles. The zero-order valence-electron chi connectivity index (χ0n) is 9.18. The smallest absolute Gasteiger partial charge is 0.0992 e. The predicted octanol–water partition coefficient (Wildman–Crippen LogP) is 2.06. The molecule has 5 nitrogen and oxygen atoms in total. The first-order chi connectivity index (χ1) is 8.24. The van der Waals surface area contributed by atoms with Gasteiger partial charge in [-0.25, -0.2) is 0 Å². The molecular formula is C12H10N4O. The van der Waals surface area contributed by atoms with Crippen LogP contribution in [0.3, 0.4) is 0 Å². The number of nitriles is 1. The number of aryl methyl sites for hydroxylation is 1. The van der Waals surface area contributed by atoms with Gasteiger partial charge in [0.2, 0.25) is 0 Å². The highest BCUT2D eigenvalue weighted by Crippen LogP contribution is 2.23. The van der Waals surface area contributed by atoms with Gasteiger partial charge in [-0.3, -0.25) is 5.10 Å². The van der Waals surface area contributed by atoms with Crippen molar-refractivity contribution in [3.63, 3.8) is 0 Å². The Hall–Kier alpha value is -2.61. The fourth-order valence-corrected chi connectivity index (χ4v) is 1.66. The number of hydrogen-bond acceptors (Lipinski definition) is 4. The Kier molecular flexibility index (Phi) is 2.88. The third-order valence-electron chi connectivity index (χ3n) is 2.43. The van der Waals surface area contributed by atoms with E-state index in [4.69, 9.17) is 10.5 Å². The third kappa shape index (κ3) is 2.16. The minimum absolute atomic E-state index is 0.512. The minimum Gasteiger partial charge on any atom is -0.411 e. The van der Waals surface area contributed by atoms with Gasteiger partial charge in [0, 0.05) is 11.8 Å². The lowest BCUT2D eigenvalue weighted by atomic mass is 10.0. The Bertz CT molecular complexity index is 607. The second-order valence-electron chi connectivity index (χ2n) is 3.58. The molecule has 0 fully saturated rings. The van der Waals surface area contributed by atoms with Crippen LogP contribution in [0.2, 0.25) is 0 Å². The molecule has 0 aliphatic rings. The lowest BCUT2D eigenvalue weighted by Crippen LogP contribution is -1.88. The summed E-state index contributed by atoms with van der Waals surface area (Å²) >= 11 is 0. The Morgan fingerprint density at radius 1 is 1.47 bits per heavy atom. The van der Waals surface area contributed by atoms with Gasteiger partial charge in [-0.05, 0) is 36.2 Å². The summed E-state index contributed by atoms with van der Waals surface area (Å²) in [7, 11) is 0. The maximum Gasteiger partial charge on any atom is 0.0992 e. The first-order valence-electron chi connectivity index (χ1n) is 4.98. The van der Waals surface area contributed by atoms with Crippen LogP contribution >= 0.6 is 0 Å². The minimum atomic E-state index is 0.512. The number of nitrogens with zero attached hydrogens (tertiary/aromatic N) is 3. The molecule has 0 spiro atoms. The van der Waals surface area contributed by atoms with Crippen molar-refractivity contribution < 1.29 is 5.21 Å². The zero-order chi connectivity index (χ0) is 12.3. The van der Waals surface area contributed by atoms with Crippen LogP contribution in [0.25, 0.3) is 11.1 Å². The fourth-order valence-electron chi connectivity index (χ4n) is 1.66. The average molecular weight is 226 g/mol. The molecule has 5 heteroatoms. The van der Waals surface area contributed by atoms with E-state index in [1.165, 1.54) is 6.21 Å². The van der Waals surface area contributed by atoms with Crippen LogP contribution in [0.4, 0.5) is 0 Å². The van der Waals surface area contributed by atoms with Crippen molar-refractivity contribution in [3.05, 3.63) is 41.2 Å². The highest BCUT2D eigenvalue weighted by molar-refractivity contribution is 5.83. The van der Waals surface area contributed by atoms with Gasteiger partial charge in [-0.1, -0.05) is 5.16 Å². The Morgan fingerprint density at radius 3 is 2.88 bits per heavy atom. The van der Waals surface area contributed by atoms with Gasteiger partial charge in [0.1, 0.15) is 0 Å². The number of oxime groups is 1. The molecule has 0 bridgehead atoms. The number of benzene rings is 1. The molecule has 0 atom stereocenters. The van der Waals surface area contributed by atoms with E-state index in [1.54, 1.807) is 18.3 Å². The molecule has 2 aromatic rings. The van der Waals surface area contributed by atoms with Crippen LogP contribution in [-0.2, 0) is 0 Å². The van der Waals surface area contributed by atoms with Crippen LogP contribution in [-0.4, -0.2) is 21.6 Å². The molecular weight excluding hydrogens is 216 g/mol. The summed E-state index contributed by atoms with van der Waals surface area (Å²) in [5, 5.41) is 27.2. The predicted molar refractivity (Wildman–Crippen MR) is 62.9 cm³/mol. The van der Waals surface area contributed by atoms with Crippen LogP contribution in [0, 0.1) is 18.3 Å². The van der Waals surface area contributed by atoms with E-state index < -0.39 is 0 Å². The standard InChI is InChI=1S/C12H10N4O/c1-8-12(7-14-16-8)11-3-9(5-13)2-10(4-11)6-15-17/h2-4,6-7,17H,1H3,(H,14,16). The maximum absolute atomic E-state index is 8.94. The second kappa shape index (κ2) is 4.49. The molecule has 1 aromatic carbocycles. The molecule has 84 valence electrons. The first kappa shape index (κ1) is 10.9. The number of H-pyrrole nitrogens is 1.